The van der Waals surface area contributed by atoms with Gasteiger partial charge in [-0.1, -0.05) is 19.8 Å². The van der Waals surface area contributed by atoms with Crippen LogP contribution in [0.5, 0.6) is 0 Å². The topological polar surface area (TPSA) is 72.3 Å². The van der Waals surface area contributed by atoms with Crippen LogP contribution in [0.25, 0.3) is 0 Å². The molecule has 1 saturated carbocycles. The Balaban J connectivity index is 2.05. The monoisotopic (exact) mass is 267 g/mol. The maximum Gasteiger partial charge on any atom is 0.224 e. The van der Waals surface area contributed by atoms with E-state index in [4.69, 9.17) is 11.5 Å². The largest absolute Gasteiger partial charge is 0.369 e. The van der Waals surface area contributed by atoms with E-state index in [2.05, 4.69) is 11.8 Å². The van der Waals surface area contributed by atoms with Crippen molar-refractivity contribution in [3.05, 3.63) is 0 Å². The number of nitrogens with two attached hydrogens (primary N) is 2. The summed E-state index contributed by atoms with van der Waals surface area (Å²) in [6.07, 6.45) is 5.95. The summed E-state index contributed by atoms with van der Waals surface area (Å²) < 4.78 is 0. The van der Waals surface area contributed by atoms with Crippen molar-refractivity contribution in [2.45, 2.75) is 52.0 Å². The predicted octanol–water partition coefficient (Wildman–Crippen LogP) is 1.34. The smallest absolute Gasteiger partial charge is 0.224 e. The van der Waals surface area contributed by atoms with E-state index in [1.807, 2.05) is 6.92 Å². The van der Waals surface area contributed by atoms with Crippen molar-refractivity contribution in [2.75, 3.05) is 19.6 Å². The molecule has 0 aromatic heterocycles. The van der Waals surface area contributed by atoms with Crippen LogP contribution < -0.4 is 11.5 Å². The molecule has 0 radical (unpaired) electrons. The number of carbonyl (C=O) groups is 1. The molecule has 1 aliphatic heterocycles. The summed E-state index contributed by atoms with van der Waals surface area (Å²) in [6.45, 7) is 6.87. The highest BCUT2D eigenvalue weighted by Crippen LogP contribution is 2.38. The average Bonchev–Trinajstić information content (AvgIpc) is 2.82. The molecule has 0 bridgehead atoms. The number of hydrogen-bond acceptors (Lipinski definition) is 3. The first-order chi connectivity index (χ1) is 9.00. The lowest BCUT2D eigenvalue weighted by molar-refractivity contribution is -0.126. The molecule has 0 aromatic rings. The number of likely N-dealkylation sites (tertiary alicyclic amines) is 1. The van der Waals surface area contributed by atoms with Gasteiger partial charge in [0.2, 0.25) is 5.91 Å². The fraction of sp³-hybridized carbons (Fsp3) is 0.933. The average molecular weight is 267 g/mol. The molecule has 1 aliphatic carbocycles. The van der Waals surface area contributed by atoms with E-state index in [0.717, 1.165) is 32.0 Å². The molecule has 4 nitrogen and oxygen atoms in total. The molecule has 110 valence electrons. The quantitative estimate of drug-likeness (QED) is 0.807. The Bertz CT molecular complexity index is 333. The molecule has 2 aliphatic rings. The molecular weight excluding hydrogens is 238 g/mol. The maximum absolute atomic E-state index is 11.6. The summed E-state index contributed by atoms with van der Waals surface area (Å²) in [7, 11) is 0. The predicted molar refractivity (Wildman–Crippen MR) is 77.5 cm³/mol. The fourth-order valence-electron chi connectivity index (χ4n) is 3.87. The van der Waals surface area contributed by atoms with Crippen LogP contribution in [0.15, 0.2) is 0 Å². The standard InChI is InChI=1S/C15H29N3O/c1-3-11-4-5-12(9-16)13(8-11)18-7-6-15(2,10-18)14(17)19/h11-13H,3-10,16H2,1-2H3,(H2,17,19). The number of carbonyl (C=O) groups excluding carboxylic acids is 1. The molecule has 1 heterocycles. The molecule has 2 rings (SSSR count). The normalized spacial score (nSPS) is 40.5. The van der Waals surface area contributed by atoms with Crippen LogP contribution in [0.3, 0.4) is 0 Å². The Hall–Kier alpha value is -0.610. The molecule has 0 aromatic carbocycles. The number of nitrogens with zero attached hydrogens (tertiary/aromatic N) is 1. The third kappa shape index (κ3) is 2.95. The molecule has 0 spiro atoms. The first-order valence-electron chi connectivity index (χ1n) is 7.74. The van der Waals surface area contributed by atoms with E-state index in [1.54, 1.807) is 0 Å². The fourth-order valence-corrected chi connectivity index (χ4v) is 3.87. The van der Waals surface area contributed by atoms with Crippen LogP contribution in [0.2, 0.25) is 0 Å². The van der Waals surface area contributed by atoms with E-state index < -0.39 is 0 Å². The number of amides is 1. The van der Waals surface area contributed by atoms with Crippen molar-refractivity contribution < 1.29 is 4.79 Å². The molecule has 1 amide bonds. The van der Waals surface area contributed by atoms with E-state index in [0.29, 0.717) is 12.0 Å². The van der Waals surface area contributed by atoms with Gasteiger partial charge >= 0.3 is 0 Å². The Morgan fingerprint density at radius 1 is 1.42 bits per heavy atom. The summed E-state index contributed by atoms with van der Waals surface area (Å²) in [4.78, 5) is 14.1. The van der Waals surface area contributed by atoms with E-state index in [9.17, 15) is 4.79 Å². The maximum atomic E-state index is 11.6. The molecular formula is C15H29N3O. The second kappa shape index (κ2) is 5.80. The molecule has 4 atom stereocenters. The van der Waals surface area contributed by atoms with Crippen molar-refractivity contribution in [1.82, 2.24) is 4.90 Å². The Kier molecular flexibility index (Phi) is 4.51. The summed E-state index contributed by atoms with van der Waals surface area (Å²) in [6, 6.07) is 0.560. The Morgan fingerprint density at radius 2 is 2.16 bits per heavy atom. The van der Waals surface area contributed by atoms with Crippen LogP contribution in [0.4, 0.5) is 0 Å². The van der Waals surface area contributed by atoms with Crippen molar-refractivity contribution >= 4 is 5.91 Å². The van der Waals surface area contributed by atoms with Gasteiger partial charge in [-0.05, 0) is 51.1 Å². The number of hydrogen-bond donors (Lipinski definition) is 2. The van der Waals surface area contributed by atoms with Gasteiger partial charge in [0.15, 0.2) is 0 Å². The minimum Gasteiger partial charge on any atom is -0.369 e. The van der Waals surface area contributed by atoms with Gasteiger partial charge < -0.3 is 11.5 Å². The molecule has 1 saturated heterocycles. The van der Waals surface area contributed by atoms with E-state index in [1.165, 1.54) is 25.7 Å². The summed E-state index contributed by atoms with van der Waals surface area (Å²) >= 11 is 0. The van der Waals surface area contributed by atoms with E-state index in [-0.39, 0.29) is 11.3 Å². The zero-order chi connectivity index (χ0) is 14.0. The second-order valence-corrected chi connectivity index (χ2v) is 6.80. The molecule has 2 fully saturated rings. The lowest BCUT2D eigenvalue weighted by atomic mass is 9.76. The van der Waals surface area contributed by atoms with Crippen molar-refractivity contribution in [3.8, 4) is 0 Å². The SMILES string of the molecule is CCC1CCC(CN)C(N2CCC(C)(C(N)=O)C2)C1. The van der Waals surface area contributed by atoms with Crippen LogP contribution in [0, 0.1) is 17.3 Å². The highest BCUT2D eigenvalue weighted by atomic mass is 16.1. The van der Waals surface area contributed by atoms with Crippen molar-refractivity contribution in [1.29, 1.82) is 0 Å². The minimum absolute atomic E-state index is 0.151. The molecule has 4 N–H and O–H groups in total. The van der Waals surface area contributed by atoms with Crippen LogP contribution in [-0.2, 0) is 4.79 Å². The highest BCUT2D eigenvalue weighted by Gasteiger charge is 2.43. The highest BCUT2D eigenvalue weighted by molar-refractivity contribution is 5.81. The molecule has 19 heavy (non-hydrogen) atoms. The van der Waals surface area contributed by atoms with Gasteiger partial charge in [-0.2, -0.15) is 0 Å². The Morgan fingerprint density at radius 3 is 2.68 bits per heavy atom. The van der Waals surface area contributed by atoms with Gasteiger partial charge in [0.05, 0.1) is 5.41 Å². The van der Waals surface area contributed by atoms with Crippen molar-refractivity contribution in [3.63, 3.8) is 0 Å². The summed E-state index contributed by atoms with van der Waals surface area (Å²) in [5.41, 5.74) is 11.2. The van der Waals surface area contributed by atoms with Gasteiger partial charge in [-0.3, -0.25) is 9.69 Å². The zero-order valence-electron chi connectivity index (χ0n) is 12.4. The van der Waals surface area contributed by atoms with Crippen molar-refractivity contribution in [2.24, 2.45) is 28.7 Å². The second-order valence-electron chi connectivity index (χ2n) is 6.80. The third-order valence-electron chi connectivity index (χ3n) is 5.51. The van der Waals surface area contributed by atoms with Crippen LogP contribution in [0.1, 0.15) is 46.0 Å². The van der Waals surface area contributed by atoms with Gasteiger partial charge in [0.1, 0.15) is 0 Å². The third-order valence-corrected chi connectivity index (χ3v) is 5.51. The van der Waals surface area contributed by atoms with Crippen LogP contribution in [-0.4, -0.2) is 36.5 Å². The Labute approximate surface area is 116 Å². The minimum atomic E-state index is -0.335. The summed E-state index contributed by atoms with van der Waals surface area (Å²) in [5.74, 6) is 1.27. The van der Waals surface area contributed by atoms with Crippen LogP contribution >= 0.6 is 0 Å². The van der Waals surface area contributed by atoms with Gasteiger partial charge in [-0.15, -0.1) is 0 Å². The van der Waals surface area contributed by atoms with Gasteiger partial charge in [0, 0.05) is 12.6 Å². The van der Waals surface area contributed by atoms with Gasteiger partial charge in [0.25, 0.3) is 0 Å². The zero-order valence-corrected chi connectivity index (χ0v) is 12.4. The van der Waals surface area contributed by atoms with E-state index >= 15 is 0 Å². The lowest BCUT2D eigenvalue weighted by Crippen LogP contribution is -2.47. The summed E-state index contributed by atoms with van der Waals surface area (Å²) in [5, 5.41) is 0. The lowest BCUT2D eigenvalue weighted by Gasteiger charge is -2.41. The number of primary amides is 1. The first-order valence-corrected chi connectivity index (χ1v) is 7.74. The molecule has 4 heteroatoms. The number of rotatable bonds is 4. The van der Waals surface area contributed by atoms with Gasteiger partial charge in [-0.25, -0.2) is 0 Å². The first kappa shape index (κ1) is 14.8. The molecule has 4 unspecified atom stereocenters.